The summed E-state index contributed by atoms with van der Waals surface area (Å²) in [7, 11) is 0. The summed E-state index contributed by atoms with van der Waals surface area (Å²) in [6, 6.07) is 5.78. The molecule has 92 valence electrons. The SMILES string of the molecule is CCCNC1COc2cc(C(N)=O)ccc2C1. The minimum atomic E-state index is -0.414. The van der Waals surface area contributed by atoms with E-state index >= 15 is 0 Å². The largest absolute Gasteiger partial charge is 0.492 e. The average molecular weight is 234 g/mol. The van der Waals surface area contributed by atoms with Gasteiger partial charge in [-0.05, 0) is 37.1 Å². The minimum Gasteiger partial charge on any atom is -0.492 e. The Morgan fingerprint density at radius 3 is 3.12 bits per heavy atom. The molecule has 0 aliphatic carbocycles. The molecule has 1 unspecified atom stereocenters. The van der Waals surface area contributed by atoms with Gasteiger partial charge in [0.2, 0.25) is 5.91 Å². The lowest BCUT2D eigenvalue weighted by atomic mass is 10.0. The van der Waals surface area contributed by atoms with E-state index in [2.05, 4.69) is 12.2 Å². The Morgan fingerprint density at radius 1 is 1.59 bits per heavy atom. The van der Waals surface area contributed by atoms with Crippen molar-refractivity contribution in [3.05, 3.63) is 29.3 Å². The topological polar surface area (TPSA) is 64.3 Å². The van der Waals surface area contributed by atoms with Crippen molar-refractivity contribution in [2.75, 3.05) is 13.2 Å². The fraction of sp³-hybridized carbons (Fsp3) is 0.462. The van der Waals surface area contributed by atoms with Gasteiger partial charge in [-0.3, -0.25) is 4.79 Å². The smallest absolute Gasteiger partial charge is 0.248 e. The molecular formula is C13H18N2O2. The van der Waals surface area contributed by atoms with Gasteiger partial charge in [-0.15, -0.1) is 0 Å². The molecule has 4 heteroatoms. The third kappa shape index (κ3) is 2.77. The summed E-state index contributed by atoms with van der Waals surface area (Å²) in [5.41, 5.74) is 6.87. The molecule has 0 aromatic heterocycles. The van der Waals surface area contributed by atoms with Crippen LogP contribution in [0.5, 0.6) is 5.75 Å². The molecule has 0 spiro atoms. The summed E-state index contributed by atoms with van der Waals surface area (Å²) in [5, 5.41) is 3.43. The highest BCUT2D eigenvalue weighted by Crippen LogP contribution is 2.25. The van der Waals surface area contributed by atoms with Crippen molar-refractivity contribution in [1.82, 2.24) is 5.32 Å². The predicted molar refractivity (Wildman–Crippen MR) is 66.2 cm³/mol. The van der Waals surface area contributed by atoms with Gasteiger partial charge in [0.15, 0.2) is 0 Å². The number of ether oxygens (including phenoxy) is 1. The highest BCUT2D eigenvalue weighted by molar-refractivity contribution is 5.93. The second-order valence-corrected chi connectivity index (χ2v) is 4.35. The number of carbonyl (C=O) groups excluding carboxylic acids is 1. The molecule has 0 saturated carbocycles. The van der Waals surface area contributed by atoms with E-state index < -0.39 is 5.91 Å². The summed E-state index contributed by atoms with van der Waals surface area (Å²) in [6.07, 6.45) is 2.05. The number of amides is 1. The van der Waals surface area contributed by atoms with Crippen LogP contribution >= 0.6 is 0 Å². The Balaban J connectivity index is 2.09. The lowest BCUT2D eigenvalue weighted by molar-refractivity contribution is 0.0999. The number of carbonyl (C=O) groups is 1. The molecular weight excluding hydrogens is 216 g/mol. The normalized spacial score (nSPS) is 18.3. The molecule has 1 amide bonds. The first-order valence-corrected chi connectivity index (χ1v) is 5.99. The zero-order chi connectivity index (χ0) is 12.3. The van der Waals surface area contributed by atoms with Crippen LogP contribution in [0.3, 0.4) is 0 Å². The van der Waals surface area contributed by atoms with Crippen LogP contribution in [-0.2, 0) is 6.42 Å². The van der Waals surface area contributed by atoms with Crippen LogP contribution in [0, 0.1) is 0 Å². The molecule has 3 N–H and O–H groups in total. The molecule has 1 aromatic carbocycles. The highest BCUT2D eigenvalue weighted by Gasteiger charge is 2.19. The zero-order valence-corrected chi connectivity index (χ0v) is 10.0. The number of fused-ring (bicyclic) bond motifs is 1. The predicted octanol–water partition coefficient (Wildman–Crippen LogP) is 1.09. The number of rotatable bonds is 4. The summed E-state index contributed by atoms with van der Waals surface area (Å²) < 4.78 is 5.65. The van der Waals surface area contributed by atoms with Gasteiger partial charge in [0.25, 0.3) is 0 Å². The van der Waals surface area contributed by atoms with Gasteiger partial charge >= 0.3 is 0 Å². The van der Waals surface area contributed by atoms with Crippen LogP contribution in [0.2, 0.25) is 0 Å². The van der Waals surface area contributed by atoms with E-state index in [0.717, 1.165) is 30.7 Å². The molecule has 17 heavy (non-hydrogen) atoms. The Labute approximate surface area is 101 Å². The standard InChI is InChI=1S/C13H18N2O2/c1-2-5-15-11-6-9-3-4-10(13(14)16)7-12(9)17-8-11/h3-4,7,11,15H,2,5-6,8H2,1H3,(H2,14,16). The number of nitrogens with two attached hydrogens (primary N) is 1. The van der Waals surface area contributed by atoms with Crippen LogP contribution in [0.25, 0.3) is 0 Å². The van der Waals surface area contributed by atoms with E-state index in [1.807, 2.05) is 6.07 Å². The number of benzene rings is 1. The van der Waals surface area contributed by atoms with Crippen molar-refractivity contribution < 1.29 is 9.53 Å². The molecule has 1 aliphatic rings. The van der Waals surface area contributed by atoms with E-state index in [1.54, 1.807) is 12.1 Å². The van der Waals surface area contributed by atoms with Crippen LogP contribution in [0.4, 0.5) is 0 Å². The maximum absolute atomic E-state index is 11.0. The van der Waals surface area contributed by atoms with E-state index in [-0.39, 0.29) is 0 Å². The second kappa shape index (κ2) is 5.19. The monoisotopic (exact) mass is 234 g/mol. The Kier molecular flexibility index (Phi) is 3.64. The van der Waals surface area contributed by atoms with Crippen molar-refractivity contribution in [3.8, 4) is 5.75 Å². The Bertz CT molecular complexity index is 418. The molecule has 1 atom stereocenters. The van der Waals surface area contributed by atoms with Crippen molar-refractivity contribution in [2.45, 2.75) is 25.8 Å². The van der Waals surface area contributed by atoms with Crippen molar-refractivity contribution >= 4 is 5.91 Å². The van der Waals surface area contributed by atoms with Crippen LogP contribution < -0.4 is 15.8 Å². The van der Waals surface area contributed by atoms with E-state index in [1.165, 1.54) is 0 Å². The first kappa shape index (κ1) is 11.9. The highest BCUT2D eigenvalue weighted by atomic mass is 16.5. The number of hydrogen-bond donors (Lipinski definition) is 2. The number of hydrogen-bond acceptors (Lipinski definition) is 3. The molecule has 1 heterocycles. The molecule has 0 saturated heterocycles. The Morgan fingerprint density at radius 2 is 2.41 bits per heavy atom. The van der Waals surface area contributed by atoms with Crippen LogP contribution in [0.15, 0.2) is 18.2 Å². The van der Waals surface area contributed by atoms with Gasteiger partial charge in [-0.2, -0.15) is 0 Å². The van der Waals surface area contributed by atoms with Gasteiger partial charge in [-0.1, -0.05) is 13.0 Å². The summed E-state index contributed by atoms with van der Waals surface area (Å²) >= 11 is 0. The maximum Gasteiger partial charge on any atom is 0.248 e. The van der Waals surface area contributed by atoms with Gasteiger partial charge in [-0.25, -0.2) is 0 Å². The van der Waals surface area contributed by atoms with Gasteiger partial charge in [0.1, 0.15) is 12.4 Å². The molecule has 2 rings (SSSR count). The zero-order valence-electron chi connectivity index (χ0n) is 10.0. The van der Waals surface area contributed by atoms with Gasteiger partial charge in [0.05, 0.1) is 0 Å². The summed E-state index contributed by atoms with van der Waals surface area (Å²) in [4.78, 5) is 11.0. The molecule has 4 nitrogen and oxygen atoms in total. The van der Waals surface area contributed by atoms with Crippen molar-refractivity contribution in [2.24, 2.45) is 5.73 Å². The molecule has 1 aromatic rings. The lowest BCUT2D eigenvalue weighted by Gasteiger charge is -2.26. The average Bonchev–Trinajstić information content (AvgIpc) is 2.35. The molecule has 0 radical (unpaired) electrons. The quantitative estimate of drug-likeness (QED) is 0.819. The van der Waals surface area contributed by atoms with Crippen molar-refractivity contribution in [3.63, 3.8) is 0 Å². The lowest BCUT2D eigenvalue weighted by Crippen LogP contribution is -2.39. The first-order chi connectivity index (χ1) is 8.20. The fourth-order valence-corrected chi connectivity index (χ4v) is 2.01. The molecule has 1 aliphatic heterocycles. The maximum atomic E-state index is 11.0. The fourth-order valence-electron chi connectivity index (χ4n) is 2.01. The first-order valence-electron chi connectivity index (χ1n) is 5.99. The van der Waals surface area contributed by atoms with Gasteiger partial charge in [0, 0.05) is 11.6 Å². The van der Waals surface area contributed by atoms with Crippen molar-refractivity contribution in [1.29, 1.82) is 0 Å². The number of primary amides is 1. The second-order valence-electron chi connectivity index (χ2n) is 4.35. The summed E-state index contributed by atoms with van der Waals surface area (Å²) in [5.74, 6) is 0.374. The molecule has 0 fully saturated rings. The van der Waals surface area contributed by atoms with Gasteiger partial charge < -0.3 is 15.8 Å². The third-order valence-electron chi connectivity index (χ3n) is 2.94. The number of nitrogens with one attached hydrogen (secondary N) is 1. The minimum absolute atomic E-state index is 0.363. The van der Waals surface area contributed by atoms with Crippen LogP contribution in [0.1, 0.15) is 29.3 Å². The van der Waals surface area contributed by atoms with Crippen LogP contribution in [-0.4, -0.2) is 25.1 Å². The summed E-state index contributed by atoms with van der Waals surface area (Å²) in [6.45, 7) is 3.79. The van der Waals surface area contributed by atoms with E-state index in [9.17, 15) is 4.79 Å². The third-order valence-corrected chi connectivity index (χ3v) is 2.94. The van der Waals surface area contributed by atoms with E-state index in [0.29, 0.717) is 18.2 Å². The molecule has 0 bridgehead atoms. The van der Waals surface area contributed by atoms with E-state index in [4.69, 9.17) is 10.5 Å². The Hall–Kier alpha value is -1.55.